The number of anilines is 1. The van der Waals surface area contributed by atoms with Crippen molar-refractivity contribution >= 4 is 22.5 Å². The largest absolute Gasteiger partial charge is 0.307 e. The van der Waals surface area contributed by atoms with Crippen molar-refractivity contribution in [2.24, 2.45) is 0 Å². The normalized spacial score (nSPS) is 10.8. The molecule has 0 spiro atoms. The topological polar surface area (TPSA) is 49.0 Å². The number of rotatable bonds is 3. The SMILES string of the molecule is CCN(C(=O)c1n[nH]c2ccccc12)c1cccc(F)c1. The fourth-order valence-electron chi connectivity index (χ4n) is 2.34. The summed E-state index contributed by atoms with van der Waals surface area (Å²) in [6.45, 7) is 2.28. The van der Waals surface area contributed by atoms with Gasteiger partial charge >= 0.3 is 0 Å². The molecule has 4 nitrogen and oxygen atoms in total. The maximum atomic E-state index is 13.4. The van der Waals surface area contributed by atoms with Gasteiger partial charge < -0.3 is 4.90 Å². The Balaban J connectivity index is 2.03. The molecule has 0 aliphatic carbocycles. The van der Waals surface area contributed by atoms with Crippen LogP contribution in [0.3, 0.4) is 0 Å². The van der Waals surface area contributed by atoms with E-state index in [0.717, 1.165) is 10.9 Å². The lowest BCUT2D eigenvalue weighted by Crippen LogP contribution is -2.31. The van der Waals surface area contributed by atoms with Crippen molar-refractivity contribution in [1.29, 1.82) is 0 Å². The van der Waals surface area contributed by atoms with Gasteiger partial charge in [0.05, 0.1) is 5.52 Å². The lowest BCUT2D eigenvalue weighted by atomic mass is 10.2. The standard InChI is InChI=1S/C16H14FN3O/c1-2-20(12-7-5-6-11(17)10-12)16(21)15-13-8-3-4-9-14(13)18-19-15/h3-10H,2H2,1H3,(H,18,19). The van der Waals surface area contributed by atoms with E-state index in [1.165, 1.54) is 17.0 Å². The number of benzene rings is 2. The maximum absolute atomic E-state index is 13.4. The van der Waals surface area contributed by atoms with Gasteiger partial charge in [-0.05, 0) is 31.2 Å². The fourth-order valence-corrected chi connectivity index (χ4v) is 2.34. The first kappa shape index (κ1) is 13.3. The number of nitrogens with zero attached hydrogens (tertiary/aromatic N) is 2. The van der Waals surface area contributed by atoms with Gasteiger partial charge in [-0.1, -0.05) is 24.3 Å². The minimum atomic E-state index is -0.370. The number of para-hydroxylation sites is 1. The zero-order chi connectivity index (χ0) is 14.8. The van der Waals surface area contributed by atoms with Crippen LogP contribution >= 0.6 is 0 Å². The van der Waals surface area contributed by atoms with Crippen LogP contribution in [0, 0.1) is 5.82 Å². The maximum Gasteiger partial charge on any atom is 0.279 e. The summed E-state index contributed by atoms with van der Waals surface area (Å²) in [6, 6.07) is 13.4. The van der Waals surface area contributed by atoms with Crippen LogP contribution in [0.25, 0.3) is 10.9 Å². The molecule has 3 rings (SSSR count). The predicted octanol–water partition coefficient (Wildman–Crippen LogP) is 3.37. The van der Waals surface area contributed by atoms with Gasteiger partial charge in [-0.3, -0.25) is 9.89 Å². The van der Waals surface area contributed by atoms with E-state index in [9.17, 15) is 9.18 Å². The van der Waals surface area contributed by atoms with Gasteiger partial charge in [-0.2, -0.15) is 5.10 Å². The Bertz CT molecular complexity index is 797. The summed E-state index contributed by atoms with van der Waals surface area (Å²) < 4.78 is 13.4. The van der Waals surface area contributed by atoms with Crippen molar-refractivity contribution in [2.45, 2.75) is 6.92 Å². The molecule has 0 saturated carbocycles. The van der Waals surface area contributed by atoms with E-state index in [4.69, 9.17) is 0 Å². The van der Waals surface area contributed by atoms with E-state index in [1.54, 1.807) is 12.1 Å². The second kappa shape index (κ2) is 5.36. The molecule has 0 atom stereocenters. The van der Waals surface area contributed by atoms with Crippen molar-refractivity contribution in [3.05, 3.63) is 60.0 Å². The van der Waals surface area contributed by atoms with E-state index in [2.05, 4.69) is 10.2 Å². The average Bonchev–Trinajstić information content (AvgIpc) is 2.92. The van der Waals surface area contributed by atoms with Gasteiger partial charge in [0, 0.05) is 17.6 Å². The minimum absolute atomic E-state index is 0.249. The van der Waals surface area contributed by atoms with Crippen LogP contribution in [-0.4, -0.2) is 22.6 Å². The van der Waals surface area contributed by atoms with Gasteiger partial charge in [0.15, 0.2) is 5.69 Å². The number of aromatic amines is 1. The molecule has 1 heterocycles. The van der Waals surface area contributed by atoms with Crippen LogP contribution in [0.5, 0.6) is 0 Å². The highest BCUT2D eigenvalue weighted by molar-refractivity contribution is 6.12. The van der Waals surface area contributed by atoms with Crippen LogP contribution < -0.4 is 4.90 Å². The molecule has 21 heavy (non-hydrogen) atoms. The van der Waals surface area contributed by atoms with Gasteiger partial charge in [0.2, 0.25) is 0 Å². The number of aromatic nitrogens is 2. The highest BCUT2D eigenvalue weighted by Crippen LogP contribution is 2.21. The number of halogens is 1. The van der Waals surface area contributed by atoms with Crippen molar-refractivity contribution in [1.82, 2.24) is 10.2 Å². The predicted molar refractivity (Wildman–Crippen MR) is 79.8 cm³/mol. The first-order valence-electron chi connectivity index (χ1n) is 6.71. The Kier molecular flexibility index (Phi) is 3.39. The number of carbonyl (C=O) groups excluding carboxylic acids is 1. The Labute approximate surface area is 121 Å². The summed E-state index contributed by atoms with van der Waals surface area (Å²) in [5, 5.41) is 7.70. The molecule has 2 aromatic carbocycles. The number of fused-ring (bicyclic) bond motifs is 1. The molecule has 0 fully saturated rings. The summed E-state index contributed by atoms with van der Waals surface area (Å²) >= 11 is 0. The van der Waals surface area contributed by atoms with Gasteiger partial charge in [-0.25, -0.2) is 4.39 Å². The van der Waals surface area contributed by atoms with E-state index < -0.39 is 0 Å². The third-order valence-corrected chi connectivity index (χ3v) is 3.35. The molecule has 5 heteroatoms. The first-order valence-corrected chi connectivity index (χ1v) is 6.71. The highest BCUT2D eigenvalue weighted by atomic mass is 19.1. The number of hydrogen-bond donors (Lipinski definition) is 1. The second-order valence-corrected chi connectivity index (χ2v) is 4.65. The summed E-state index contributed by atoms with van der Waals surface area (Å²) in [5.74, 6) is -0.619. The number of hydrogen-bond acceptors (Lipinski definition) is 2. The lowest BCUT2D eigenvalue weighted by molar-refractivity contribution is 0.0985. The molecule has 0 unspecified atom stereocenters. The van der Waals surface area contributed by atoms with Crippen molar-refractivity contribution < 1.29 is 9.18 Å². The molecule has 0 saturated heterocycles. The van der Waals surface area contributed by atoms with Gasteiger partial charge in [0.1, 0.15) is 5.82 Å². The van der Waals surface area contributed by atoms with E-state index in [0.29, 0.717) is 17.9 Å². The zero-order valence-corrected chi connectivity index (χ0v) is 11.5. The van der Waals surface area contributed by atoms with Crippen LogP contribution in [0.2, 0.25) is 0 Å². The zero-order valence-electron chi connectivity index (χ0n) is 11.5. The molecular weight excluding hydrogens is 269 g/mol. The van der Waals surface area contributed by atoms with Gasteiger partial charge in [0.25, 0.3) is 5.91 Å². The third kappa shape index (κ3) is 2.38. The van der Waals surface area contributed by atoms with Gasteiger partial charge in [-0.15, -0.1) is 0 Å². The molecule has 1 aromatic heterocycles. The first-order chi connectivity index (χ1) is 10.2. The van der Waals surface area contributed by atoms with Crippen LogP contribution in [0.1, 0.15) is 17.4 Å². The number of nitrogens with one attached hydrogen (secondary N) is 1. The molecular formula is C16H14FN3O. The van der Waals surface area contributed by atoms with Crippen molar-refractivity contribution in [3.8, 4) is 0 Å². The lowest BCUT2D eigenvalue weighted by Gasteiger charge is -2.20. The fraction of sp³-hybridized carbons (Fsp3) is 0.125. The van der Waals surface area contributed by atoms with E-state index >= 15 is 0 Å². The summed E-state index contributed by atoms with van der Waals surface area (Å²) in [4.78, 5) is 14.2. The summed E-state index contributed by atoms with van der Waals surface area (Å²) in [6.07, 6.45) is 0. The number of amides is 1. The molecule has 106 valence electrons. The monoisotopic (exact) mass is 283 g/mol. The molecule has 1 amide bonds. The number of H-pyrrole nitrogens is 1. The molecule has 0 bridgehead atoms. The van der Waals surface area contributed by atoms with Crippen molar-refractivity contribution in [3.63, 3.8) is 0 Å². The Morgan fingerprint density at radius 2 is 2.05 bits per heavy atom. The van der Waals surface area contributed by atoms with Crippen LogP contribution in [0.15, 0.2) is 48.5 Å². The van der Waals surface area contributed by atoms with Crippen LogP contribution in [0.4, 0.5) is 10.1 Å². The molecule has 1 N–H and O–H groups in total. The Morgan fingerprint density at radius 3 is 2.81 bits per heavy atom. The quantitative estimate of drug-likeness (QED) is 0.801. The number of carbonyl (C=O) groups is 1. The smallest absolute Gasteiger partial charge is 0.279 e. The summed E-state index contributed by atoms with van der Waals surface area (Å²) in [7, 11) is 0. The van der Waals surface area contributed by atoms with Crippen LogP contribution in [-0.2, 0) is 0 Å². The Hall–Kier alpha value is -2.69. The molecule has 0 radical (unpaired) electrons. The average molecular weight is 283 g/mol. The van der Waals surface area contributed by atoms with E-state index in [-0.39, 0.29) is 11.7 Å². The minimum Gasteiger partial charge on any atom is -0.307 e. The van der Waals surface area contributed by atoms with Crippen molar-refractivity contribution in [2.75, 3.05) is 11.4 Å². The Morgan fingerprint density at radius 1 is 1.24 bits per heavy atom. The second-order valence-electron chi connectivity index (χ2n) is 4.65. The molecule has 3 aromatic rings. The van der Waals surface area contributed by atoms with E-state index in [1.807, 2.05) is 31.2 Å². The third-order valence-electron chi connectivity index (χ3n) is 3.35. The molecule has 0 aliphatic rings. The highest BCUT2D eigenvalue weighted by Gasteiger charge is 2.21. The summed E-state index contributed by atoms with van der Waals surface area (Å²) in [5.41, 5.74) is 1.67. The molecule has 0 aliphatic heterocycles.